The van der Waals surface area contributed by atoms with Crippen LogP contribution in [-0.4, -0.2) is 11.7 Å². The predicted molar refractivity (Wildman–Crippen MR) is 83.2 cm³/mol. The van der Waals surface area contributed by atoms with E-state index in [9.17, 15) is 9.18 Å². The fourth-order valence-corrected chi connectivity index (χ4v) is 3.80. The molecule has 0 aromatic heterocycles. The molecule has 0 saturated carbocycles. The normalized spacial score (nSPS) is 18.6. The number of carbonyl (C=O) groups is 1. The molecule has 0 aliphatic carbocycles. The zero-order chi connectivity index (χ0) is 14.1. The van der Waals surface area contributed by atoms with Gasteiger partial charge in [-0.05, 0) is 42.0 Å². The lowest BCUT2D eigenvalue weighted by atomic mass is 10.2. The van der Waals surface area contributed by atoms with Crippen molar-refractivity contribution in [1.82, 2.24) is 0 Å². The molecule has 20 heavy (non-hydrogen) atoms. The number of anilines is 1. The van der Waals surface area contributed by atoms with E-state index in [1.807, 2.05) is 24.3 Å². The molecule has 0 spiro atoms. The van der Waals surface area contributed by atoms with E-state index in [1.54, 1.807) is 28.8 Å². The molecule has 1 aliphatic heterocycles. The smallest absolute Gasteiger partial charge is 0.238 e. The van der Waals surface area contributed by atoms with Crippen LogP contribution in [0, 0.1) is 5.82 Å². The first-order valence-corrected chi connectivity index (χ1v) is 7.94. The van der Waals surface area contributed by atoms with Gasteiger partial charge in [-0.2, -0.15) is 0 Å². The third-order valence-corrected chi connectivity index (χ3v) is 4.81. The van der Waals surface area contributed by atoms with Gasteiger partial charge in [0, 0.05) is 10.2 Å². The van der Waals surface area contributed by atoms with Crippen LogP contribution in [0.5, 0.6) is 0 Å². The van der Waals surface area contributed by atoms with Gasteiger partial charge in [-0.1, -0.05) is 28.1 Å². The third-order valence-electron chi connectivity index (χ3n) is 3.11. The molecule has 1 fully saturated rings. The number of rotatable bonds is 2. The molecule has 1 aliphatic rings. The van der Waals surface area contributed by atoms with Crippen molar-refractivity contribution in [2.45, 2.75) is 5.37 Å². The second kappa shape index (κ2) is 5.58. The zero-order valence-corrected chi connectivity index (χ0v) is 12.8. The molecule has 0 N–H and O–H groups in total. The molecule has 5 heteroatoms. The van der Waals surface area contributed by atoms with E-state index in [0.717, 1.165) is 15.7 Å². The van der Waals surface area contributed by atoms with Crippen LogP contribution >= 0.6 is 27.7 Å². The van der Waals surface area contributed by atoms with Crippen LogP contribution in [0.3, 0.4) is 0 Å². The quantitative estimate of drug-likeness (QED) is 0.800. The second-order valence-corrected chi connectivity index (χ2v) is 6.44. The Morgan fingerprint density at radius 1 is 1.20 bits per heavy atom. The summed E-state index contributed by atoms with van der Waals surface area (Å²) in [5.74, 6) is 0.188. The van der Waals surface area contributed by atoms with Crippen molar-refractivity contribution < 1.29 is 9.18 Å². The molecule has 0 radical (unpaired) electrons. The lowest BCUT2D eigenvalue weighted by Gasteiger charge is -2.24. The lowest BCUT2D eigenvalue weighted by molar-refractivity contribution is -0.115. The van der Waals surface area contributed by atoms with Gasteiger partial charge in [0.25, 0.3) is 0 Å². The number of hydrogen-bond acceptors (Lipinski definition) is 2. The lowest BCUT2D eigenvalue weighted by Crippen LogP contribution is -2.27. The molecule has 2 aromatic carbocycles. The molecule has 2 nitrogen and oxygen atoms in total. The number of carbonyl (C=O) groups excluding carboxylic acids is 1. The fraction of sp³-hybridized carbons (Fsp3) is 0.133. The van der Waals surface area contributed by atoms with E-state index in [4.69, 9.17) is 0 Å². The van der Waals surface area contributed by atoms with Crippen LogP contribution in [0.1, 0.15) is 10.9 Å². The molecular weight excluding hydrogens is 341 g/mol. The Bertz CT molecular complexity index is 647. The molecule has 1 saturated heterocycles. The molecule has 0 bridgehead atoms. The van der Waals surface area contributed by atoms with E-state index in [2.05, 4.69) is 15.9 Å². The maximum absolute atomic E-state index is 13.0. The average Bonchev–Trinajstić information content (AvgIpc) is 2.82. The van der Waals surface area contributed by atoms with Crippen molar-refractivity contribution >= 4 is 39.3 Å². The van der Waals surface area contributed by atoms with Crippen molar-refractivity contribution in [1.29, 1.82) is 0 Å². The topological polar surface area (TPSA) is 20.3 Å². The molecule has 2 aromatic rings. The van der Waals surface area contributed by atoms with Gasteiger partial charge < -0.3 is 0 Å². The number of halogens is 2. The Morgan fingerprint density at radius 2 is 1.95 bits per heavy atom. The van der Waals surface area contributed by atoms with Crippen molar-refractivity contribution in [3.63, 3.8) is 0 Å². The highest BCUT2D eigenvalue weighted by molar-refractivity contribution is 9.10. The largest absolute Gasteiger partial charge is 0.295 e. The van der Waals surface area contributed by atoms with Crippen LogP contribution in [0.2, 0.25) is 0 Å². The number of thioether (sulfide) groups is 1. The number of hydrogen-bond donors (Lipinski definition) is 0. The predicted octanol–water partition coefficient (Wildman–Crippen LogP) is 4.37. The maximum atomic E-state index is 13.0. The summed E-state index contributed by atoms with van der Waals surface area (Å²) in [7, 11) is 0. The molecule has 1 heterocycles. The van der Waals surface area contributed by atoms with Crippen molar-refractivity contribution in [3.8, 4) is 0 Å². The summed E-state index contributed by atoms with van der Waals surface area (Å²) in [6, 6.07) is 13.9. The van der Waals surface area contributed by atoms with Gasteiger partial charge in [0.15, 0.2) is 0 Å². The van der Waals surface area contributed by atoms with Crippen LogP contribution in [-0.2, 0) is 4.79 Å². The van der Waals surface area contributed by atoms with Gasteiger partial charge in [-0.15, -0.1) is 11.8 Å². The molecule has 0 unspecified atom stereocenters. The molecular formula is C15H11BrFNOS. The Morgan fingerprint density at radius 3 is 2.65 bits per heavy atom. The minimum Gasteiger partial charge on any atom is -0.295 e. The summed E-state index contributed by atoms with van der Waals surface area (Å²) >= 11 is 5.03. The molecule has 1 amide bonds. The first-order chi connectivity index (χ1) is 9.65. The second-order valence-electron chi connectivity index (χ2n) is 4.46. The van der Waals surface area contributed by atoms with Gasteiger partial charge in [0.2, 0.25) is 5.91 Å². The minimum absolute atomic E-state index is 0.0478. The summed E-state index contributed by atoms with van der Waals surface area (Å²) in [4.78, 5) is 13.9. The summed E-state index contributed by atoms with van der Waals surface area (Å²) < 4.78 is 14.0. The highest BCUT2D eigenvalue weighted by Gasteiger charge is 2.33. The summed E-state index contributed by atoms with van der Waals surface area (Å²) in [5.41, 5.74) is 1.78. The molecule has 3 rings (SSSR count). The standard InChI is InChI=1S/C15H11BrFNOS/c16-11-3-1-2-10(8-11)15-18(14(19)9-20-15)13-6-4-12(17)5-7-13/h1-8,15H,9H2/t15-/m0/s1. The summed E-state index contributed by atoms with van der Waals surface area (Å²) in [5, 5.41) is -0.0644. The first-order valence-electron chi connectivity index (χ1n) is 6.10. The fourth-order valence-electron chi connectivity index (χ4n) is 2.21. The number of amides is 1. The van der Waals surface area contributed by atoms with Crippen LogP contribution in [0.25, 0.3) is 0 Å². The van der Waals surface area contributed by atoms with Crippen molar-refractivity contribution in [3.05, 3.63) is 64.4 Å². The molecule has 102 valence electrons. The minimum atomic E-state index is -0.299. The van der Waals surface area contributed by atoms with E-state index in [-0.39, 0.29) is 17.1 Å². The Kier molecular flexibility index (Phi) is 3.81. The summed E-state index contributed by atoms with van der Waals surface area (Å²) in [6.45, 7) is 0. The monoisotopic (exact) mass is 351 g/mol. The molecule has 1 atom stereocenters. The Labute approximate surface area is 129 Å². The van der Waals surface area contributed by atoms with Gasteiger partial charge >= 0.3 is 0 Å². The van der Waals surface area contributed by atoms with E-state index >= 15 is 0 Å². The van der Waals surface area contributed by atoms with Crippen LogP contribution in [0.15, 0.2) is 53.0 Å². The van der Waals surface area contributed by atoms with E-state index < -0.39 is 0 Å². The van der Waals surface area contributed by atoms with Crippen LogP contribution < -0.4 is 4.90 Å². The number of benzene rings is 2. The van der Waals surface area contributed by atoms with Gasteiger partial charge in [-0.25, -0.2) is 4.39 Å². The highest BCUT2D eigenvalue weighted by Crippen LogP contribution is 2.42. The first kappa shape index (κ1) is 13.6. The maximum Gasteiger partial charge on any atom is 0.238 e. The third kappa shape index (κ3) is 2.60. The van der Waals surface area contributed by atoms with Gasteiger partial charge in [0.05, 0.1) is 5.75 Å². The van der Waals surface area contributed by atoms with E-state index in [1.165, 1.54) is 12.1 Å². The average molecular weight is 352 g/mol. The zero-order valence-electron chi connectivity index (χ0n) is 10.4. The number of nitrogens with zero attached hydrogens (tertiary/aromatic N) is 1. The van der Waals surface area contributed by atoms with Gasteiger partial charge in [-0.3, -0.25) is 9.69 Å². The van der Waals surface area contributed by atoms with E-state index in [0.29, 0.717) is 5.75 Å². The Balaban J connectivity index is 1.98. The highest BCUT2D eigenvalue weighted by atomic mass is 79.9. The van der Waals surface area contributed by atoms with Crippen molar-refractivity contribution in [2.75, 3.05) is 10.7 Å². The van der Waals surface area contributed by atoms with Crippen LogP contribution in [0.4, 0.5) is 10.1 Å². The SMILES string of the molecule is O=C1CS[C@@H](c2cccc(Br)c2)N1c1ccc(F)cc1. The van der Waals surface area contributed by atoms with Crippen molar-refractivity contribution in [2.24, 2.45) is 0 Å². The summed E-state index contributed by atoms with van der Waals surface area (Å²) in [6.07, 6.45) is 0. The van der Waals surface area contributed by atoms with Gasteiger partial charge in [0.1, 0.15) is 11.2 Å². The Hall–Kier alpha value is -1.33.